The highest BCUT2D eigenvalue weighted by molar-refractivity contribution is 5.97. The second kappa shape index (κ2) is 9.95. The molecule has 0 spiro atoms. The number of hydroxylamine groups is 1. The molecule has 0 aliphatic rings. The van der Waals surface area contributed by atoms with Gasteiger partial charge in [-0.2, -0.15) is 0 Å². The highest BCUT2D eigenvalue weighted by Gasteiger charge is 2.25. The molecule has 8 nitrogen and oxygen atoms in total. The van der Waals surface area contributed by atoms with Gasteiger partial charge in [0.15, 0.2) is 5.76 Å². The third-order valence-corrected chi connectivity index (χ3v) is 3.58. The maximum absolute atomic E-state index is 12.2. The number of carbonyl (C=O) groups excluding carboxylic acids is 2. The molecule has 0 unspecified atom stereocenters. The molecule has 0 saturated heterocycles. The van der Waals surface area contributed by atoms with Gasteiger partial charge in [0.25, 0.3) is 11.8 Å². The molecule has 1 heterocycles. The lowest BCUT2D eigenvalue weighted by Crippen LogP contribution is -2.51. The monoisotopic (exact) mass is 382 g/mol. The Kier molecular flexibility index (Phi) is 7.37. The van der Waals surface area contributed by atoms with Gasteiger partial charge in [-0.1, -0.05) is 5.92 Å². The average molecular weight is 382 g/mol. The minimum atomic E-state index is -1.29. The summed E-state index contributed by atoms with van der Waals surface area (Å²) in [6.07, 6.45) is -1.19. The van der Waals surface area contributed by atoms with Gasteiger partial charge in [0.1, 0.15) is 18.4 Å². The van der Waals surface area contributed by atoms with Crippen LogP contribution in [0.2, 0.25) is 0 Å². The van der Waals surface area contributed by atoms with Gasteiger partial charge in [0, 0.05) is 11.1 Å². The summed E-state index contributed by atoms with van der Waals surface area (Å²) in [5.41, 5.74) is 2.26. The Bertz CT molecular complexity index is 954. The van der Waals surface area contributed by atoms with E-state index in [1.165, 1.54) is 24.5 Å². The number of aliphatic hydroxyl groups is 2. The first-order valence-corrected chi connectivity index (χ1v) is 8.19. The van der Waals surface area contributed by atoms with Gasteiger partial charge in [-0.25, -0.2) is 5.48 Å². The molecule has 8 heteroatoms. The Balaban J connectivity index is 2.01. The molecule has 5 N–H and O–H groups in total. The van der Waals surface area contributed by atoms with Crippen LogP contribution in [0.1, 0.15) is 34.4 Å². The topological polar surface area (TPSA) is 132 Å². The number of nitrogens with one attached hydrogen (secondary N) is 2. The first-order chi connectivity index (χ1) is 13.4. The maximum Gasteiger partial charge on any atom is 0.268 e. The van der Waals surface area contributed by atoms with E-state index in [4.69, 9.17) is 14.7 Å². The first kappa shape index (κ1) is 20.7. The van der Waals surface area contributed by atoms with Crippen molar-refractivity contribution in [1.29, 1.82) is 0 Å². The average Bonchev–Trinajstić information content (AvgIpc) is 3.17. The Labute approximate surface area is 161 Å². The van der Waals surface area contributed by atoms with Crippen LogP contribution in [-0.4, -0.2) is 39.4 Å². The summed E-state index contributed by atoms with van der Waals surface area (Å²) < 4.78 is 5.20. The molecule has 28 heavy (non-hydrogen) atoms. The number of hydrogen-bond acceptors (Lipinski definition) is 6. The standard InChI is InChI=1S/C20H18N2O6/c1-13(24)18(20(26)22-27)21-19(25)15-8-6-14(7-9-15)4-2-3-5-16-10-11-17(12-23)28-16/h6-11,13,18,23-24,27H,12H2,1H3,(H,21,25)(H,22,26)/t13-,18-/m1/s1. The van der Waals surface area contributed by atoms with Crippen molar-refractivity contribution < 1.29 is 29.4 Å². The number of carbonyl (C=O) groups is 2. The largest absolute Gasteiger partial charge is 0.450 e. The third kappa shape index (κ3) is 5.73. The van der Waals surface area contributed by atoms with Crippen LogP contribution in [0, 0.1) is 23.7 Å². The van der Waals surface area contributed by atoms with E-state index >= 15 is 0 Å². The molecule has 2 aromatic rings. The van der Waals surface area contributed by atoms with Crippen molar-refractivity contribution in [2.24, 2.45) is 0 Å². The van der Waals surface area contributed by atoms with Crippen LogP contribution < -0.4 is 10.8 Å². The van der Waals surface area contributed by atoms with E-state index in [0.29, 0.717) is 17.1 Å². The molecule has 0 aliphatic heterocycles. The third-order valence-electron chi connectivity index (χ3n) is 3.58. The lowest BCUT2D eigenvalue weighted by Gasteiger charge is -2.19. The predicted octanol–water partition coefficient (Wildman–Crippen LogP) is 0.160. The van der Waals surface area contributed by atoms with Gasteiger partial charge in [0.05, 0.1) is 6.10 Å². The molecule has 144 valence electrons. The Morgan fingerprint density at radius 1 is 1.11 bits per heavy atom. The van der Waals surface area contributed by atoms with Gasteiger partial charge in [-0.05, 0) is 61.1 Å². The zero-order valence-corrected chi connectivity index (χ0v) is 14.9. The summed E-state index contributed by atoms with van der Waals surface area (Å²) in [4.78, 5) is 23.6. The summed E-state index contributed by atoms with van der Waals surface area (Å²) in [6.45, 7) is 1.11. The van der Waals surface area contributed by atoms with E-state index in [9.17, 15) is 14.7 Å². The van der Waals surface area contributed by atoms with Crippen molar-refractivity contribution in [1.82, 2.24) is 10.8 Å². The Morgan fingerprint density at radius 2 is 1.79 bits per heavy atom. The van der Waals surface area contributed by atoms with Crippen molar-refractivity contribution in [3.05, 3.63) is 59.0 Å². The highest BCUT2D eigenvalue weighted by Crippen LogP contribution is 2.06. The molecule has 0 radical (unpaired) electrons. The molecule has 0 bridgehead atoms. The number of benzene rings is 1. The van der Waals surface area contributed by atoms with Crippen LogP contribution in [-0.2, 0) is 11.4 Å². The van der Waals surface area contributed by atoms with E-state index in [1.807, 2.05) is 0 Å². The van der Waals surface area contributed by atoms with Crippen molar-refractivity contribution in [2.75, 3.05) is 0 Å². The molecular formula is C20H18N2O6. The summed E-state index contributed by atoms with van der Waals surface area (Å²) in [7, 11) is 0. The number of amides is 2. The Morgan fingerprint density at radius 3 is 2.36 bits per heavy atom. The van der Waals surface area contributed by atoms with Crippen LogP contribution in [0.15, 0.2) is 40.8 Å². The van der Waals surface area contributed by atoms with Gasteiger partial charge >= 0.3 is 0 Å². The van der Waals surface area contributed by atoms with Crippen LogP contribution in [0.4, 0.5) is 0 Å². The summed E-state index contributed by atoms with van der Waals surface area (Å²) in [6, 6.07) is 8.16. The molecule has 2 atom stereocenters. The zero-order valence-electron chi connectivity index (χ0n) is 14.9. The smallest absolute Gasteiger partial charge is 0.268 e. The SMILES string of the molecule is C[C@@H](O)[C@@H](NC(=O)c1ccc(C#CC#Cc2ccc(CO)o2)cc1)C(=O)NO. The van der Waals surface area contributed by atoms with Crippen LogP contribution in [0.25, 0.3) is 0 Å². The Hall–Kier alpha value is -3.56. The van der Waals surface area contributed by atoms with E-state index in [2.05, 4.69) is 29.0 Å². The van der Waals surface area contributed by atoms with E-state index in [0.717, 1.165) is 0 Å². The maximum atomic E-state index is 12.2. The van der Waals surface area contributed by atoms with E-state index < -0.39 is 24.0 Å². The molecule has 1 aromatic heterocycles. The molecule has 2 rings (SSSR count). The molecule has 0 saturated carbocycles. The first-order valence-electron chi connectivity index (χ1n) is 8.19. The fourth-order valence-corrected chi connectivity index (χ4v) is 2.13. The lowest BCUT2D eigenvalue weighted by molar-refractivity contribution is -0.133. The van der Waals surface area contributed by atoms with Crippen LogP contribution >= 0.6 is 0 Å². The lowest BCUT2D eigenvalue weighted by atomic mass is 10.1. The highest BCUT2D eigenvalue weighted by atomic mass is 16.5. The van der Waals surface area contributed by atoms with Crippen molar-refractivity contribution in [2.45, 2.75) is 25.7 Å². The van der Waals surface area contributed by atoms with E-state index in [-0.39, 0.29) is 12.2 Å². The van der Waals surface area contributed by atoms with Crippen LogP contribution in [0.5, 0.6) is 0 Å². The van der Waals surface area contributed by atoms with Gasteiger partial charge in [-0.15, -0.1) is 0 Å². The molecule has 1 aromatic carbocycles. The minimum absolute atomic E-state index is 0.198. The normalized spacial score (nSPS) is 11.9. The number of furan rings is 1. The quantitative estimate of drug-likeness (QED) is 0.284. The number of hydrogen-bond donors (Lipinski definition) is 5. The van der Waals surface area contributed by atoms with Gasteiger partial charge in [-0.3, -0.25) is 14.8 Å². The summed E-state index contributed by atoms with van der Waals surface area (Å²) in [5, 5.41) is 29.4. The fraction of sp³-hybridized carbons (Fsp3) is 0.200. The predicted molar refractivity (Wildman–Crippen MR) is 97.7 cm³/mol. The number of aliphatic hydroxyl groups excluding tert-OH is 2. The summed E-state index contributed by atoms with van der Waals surface area (Å²) in [5.74, 6) is 10.1. The zero-order chi connectivity index (χ0) is 20.5. The fourth-order valence-electron chi connectivity index (χ4n) is 2.13. The number of rotatable bonds is 5. The molecular weight excluding hydrogens is 364 g/mol. The van der Waals surface area contributed by atoms with Crippen LogP contribution in [0.3, 0.4) is 0 Å². The molecule has 0 fully saturated rings. The second-order valence-corrected chi connectivity index (χ2v) is 5.67. The van der Waals surface area contributed by atoms with E-state index in [1.54, 1.807) is 24.3 Å². The van der Waals surface area contributed by atoms with Gasteiger partial charge < -0.3 is 19.9 Å². The van der Waals surface area contributed by atoms with Crippen molar-refractivity contribution in [3.63, 3.8) is 0 Å². The second-order valence-electron chi connectivity index (χ2n) is 5.67. The van der Waals surface area contributed by atoms with Gasteiger partial charge in [0.2, 0.25) is 0 Å². The molecule has 0 aliphatic carbocycles. The molecule has 2 amide bonds. The van der Waals surface area contributed by atoms with Crippen molar-refractivity contribution >= 4 is 11.8 Å². The summed E-state index contributed by atoms with van der Waals surface area (Å²) >= 11 is 0. The minimum Gasteiger partial charge on any atom is -0.450 e. The van der Waals surface area contributed by atoms with Crippen molar-refractivity contribution in [3.8, 4) is 23.7 Å².